The van der Waals surface area contributed by atoms with Gasteiger partial charge in [-0.3, -0.25) is 4.21 Å². The van der Waals surface area contributed by atoms with Crippen LogP contribution in [0.4, 0.5) is 11.6 Å². The monoisotopic (exact) mass is 270 g/mol. The average Bonchev–Trinajstić information content (AvgIpc) is 2.29. The molecule has 1 aromatic heterocycles. The zero-order valence-corrected chi connectivity index (χ0v) is 12.1. The number of hydrogen-bond donors (Lipinski definition) is 2. The minimum atomic E-state index is -0.778. The van der Waals surface area contributed by atoms with E-state index in [1.165, 1.54) is 0 Å². The summed E-state index contributed by atoms with van der Waals surface area (Å²) in [6.45, 7) is 5.64. The Hall–Kier alpha value is -1.17. The van der Waals surface area contributed by atoms with Gasteiger partial charge in [-0.1, -0.05) is 6.92 Å². The summed E-state index contributed by atoms with van der Waals surface area (Å²) in [7, 11) is -0.778. The van der Waals surface area contributed by atoms with Crippen molar-refractivity contribution in [2.24, 2.45) is 0 Å². The number of aryl methyl sites for hydroxylation is 1. The number of aromatic nitrogens is 2. The van der Waals surface area contributed by atoms with Crippen LogP contribution in [0.25, 0.3) is 0 Å². The third-order valence-corrected chi connectivity index (χ3v) is 3.08. The van der Waals surface area contributed by atoms with E-state index in [1.807, 2.05) is 13.0 Å². The molecule has 1 heterocycles. The highest BCUT2D eigenvalue weighted by Crippen LogP contribution is 2.12. The summed E-state index contributed by atoms with van der Waals surface area (Å²) in [5.74, 6) is 3.12. The van der Waals surface area contributed by atoms with Gasteiger partial charge in [0.25, 0.3) is 0 Å². The Morgan fingerprint density at radius 2 is 1.89 bits per heavy atom. The van der Waals surface area contributed by atoms with Gasteiger partial charge >= 0.3 is 0 Å². The molecular formula is C12H22N4OS. The first-order valence-corrected chi connectivity index (χ1v) is 8.04. The molecule has 1 aromatic rings. The van der Waals surface area contributed by atoms with Gasteiger partial charge in [-0.2, -0.15) is 0 Å². The van der Waals surface area contributed by atoms with Crippen molar-refractivity contribution >= 4 is 22.4 Å². The lowest BCUT2D eigenvalue weighted by molar-refractivity contribution is 0.687. The minimum absolute atomic E-state index is 0.629. The molecule has 0 bridgehead atoms. The predicted octanol–water partition coefficient (Wildman–Crippen LogP) is 1.65. The molecule has 0 aliphatic carbocycles. The van der Waals surface area contributed by atoms with Crippen LogP contribution < -0.4 is 10.6 Å². The Morgan fingerprint density at radius 3 is 2.44 bits per heavy atom. The largest absolute Gasteiger partial charge is 0.370 e. The van der Waals surface area contributed by atoms with Crippen molar-refractivity contribution in [1.82, 2.24) is 9.97 Å². The lowest BCUT2D eigenvalue weighted by Gasteiger charge is -2.09. The van der Waals surface area contributed by atoms with Gasteiger partial charge in [-0.05, 0) is 13.3 Å². The topological polar surface area (TPSA) is 66.9 Å². The molecule has 6 heteroatoms. The third kappa shape index (κ3) is 5.44. The van der Waals surface area contributed by atoms with Crippen molar-refractivity contribution in [3.63, 3.8) is 0 Å². The van der Waals surface area contributed by atoms with Gasteiger partial charge in [0.2, 0.25) is 0 Å². The SMILES string of the molecule is CCCc1nc(NCC)cc(NCCS(C)=O)n1. The lowest BCUT2D eigenvalue weighted by Crippen LogP contribution is -2.13. The second-order valence-electron chi connectivity index (χ2n) is 4.04. The van der Waals surface area contributed by atoms with Crippen molar-refractivity contribution in [3.05, 3.63) is 11.9 Å². The fourth-order valence-electron chi connectivity index (χ4n) is 1.52. The second kappa shape index (κ2) is 8.02. The number of nitrogens with one attached hydrogen (secondary N) is 2. The quantitative estimate of drug-likeness (QED) is 0.752. The van der Waals surface area contributed by atoms with Crippen LogP contribution in [0, 0.1) is 0 Å². The fourth-order valence-corrected chi connectivity index (χ4v) is 1.91. The van der Waals surface area contributed by atoms with Crippen LogP contribution in [-0.4, -0.2) is 39.3 Å². The third-order valence-electron chi connectivity index (χ3n) is 2.30. The summed E-state index contributed by atoms with van der Waals surface area (Å²) >= 11 is 0. The zero-order chi connectivity index (χ0) is 13.4. The zero-order valence-electron chi connectivity index (χ0n) is 11.3. The van der Waals surface area contributed by atoms with E-state index in [-0.39, 0.29) is 0 Å². The molecule has 2 N–H and O–H groups in total. The van der Waals surface area contributed by atoms with Gasteiger partial charge in [-0.25, -0.2) is 9.97 Å². The average molecular weight is 270 g/mol. The van der Waals surface area contributed by atoms with E-state index >= 15 is 0 Å². The van der Waals surface area contributed by atoms with Gasteiger partial charge in [0, 0.05) is 48.4 Å². The van der Waals surface area contributed by atoms with E-state index in [4.69, 9.17) is 0 Å². The molecule has 1 atom stereocenters. The maximum atomic E-state index is 11.0. The van der Waals surface area contributed by atoms with Crippen LogP contribution in [0.15, 0.2) is 6.07 Å². The smallest absolute Gasteiger partial charge is 0.133 e. The Labute approximate surface area is 111 Å². The number of nitrogens with zero attached hydrogens (tertiary/aromatic N) is 2. The summed E-state index contributed by atoms with van der Waals surface area (Å²) in [6, 6.07) is 1.89. The molecule has 0 aliphatic rings. The van der Waals surface area contributed by atoms with Gasteiger partial charge < -0.3 is 10.6 Å². The second-order valence-corrected chi connectivity index (χ2v) is 5.59. The highest BCUT2D eigenvalue weighted by molar-refractivity contribution is 7.84. The Bertz CT molecular complexity index is 373. The molecule has 0 fully saturated rings. The standard InChI is InChI=1S/C12H22N4OS/c1-4-6-10-15-11(13-5-2)9-12(16-10)14-7-8-18(3)17/h9H,4-8H2,1-3H3,(H2,13,14,15,16). The molecule has 1 unspecified atom stereocenters. The highest BCUT2D eigenvalue weighted by Gasteiger charge is 2.03. The van der Waals surface area contributed by atoms with Crippen molar-refractivity contribution in [2.45, 2.75) is 26.7 Å². The molecule has 1 rings (SSSR count). The number of rotatable bonds is 8. The van der Waals surface area contributed by atoms with Crippen molar-refractivity contribution in [1.29, 1.82) is 0 Å². The Balaban J connectivity index is 2.71. The molecule has 0 aromatic carbocycles. The molecule has 0 amide bonds. The van der Waals surface area contributed by atoms with Gasteiger partial charge in [0.1, 0.15) is 17.5 Å². The summed E-state index contributed by atoms with van der Waals surface area (Å²) in [5.41, 5.74) is 0. The first-order chi connectivity index (χ1) is 8.65. The Morgan fingerprint density at radius 1 is 1.22 bits per heavy atom. The molecule has 0 saturated carbocycles. The van der Waals surface area contributed by atoms with E-state index < -0.39 is 10.8 Å². The molecule has 0 saturated heterocycles. The maximum Gasteiger partial charge on any atom is 0.133 e. The van der Waals surface area contributed by atoms with Crippen LogP contribution in [0.1, 0.15) is 26.1 Å². The molecule has 0 aliphatic heterocycles. The number of hydrogen-bond acceptors (Lipinski definition) is 5. The molecule has 5 nitrogen and oxygen atoms in total. The van der Waals surface area contributed by atoms with Gasteiger partial charge in [0.15, 0.2) is 0 Å². The molecule has 0 radical (unpaired) electrons. The highest BCUT2D eigenvalue weighted by atomic mass is 32.2. The van der Waals surface area contributed by atoms with Crippen molar-refractivity contribution in [2.75, 3.05) is 35.7 Å². The first kappa shape index (κ1) is 14.9. The lowest BCUT2D eigenvalue weighted by atomic mass is 10.3. The van der Waals surface area contributed by atoms with E-state index in [0.29, 0.717) is 12.3 Å². The van der Waals surface area contributed by atoms with E-state index in [2.05, 4.69) is 27.5 Å². The van der Waals surface area contributed by atoms with Crippen LogP contribution in [0.5, 0.6) is 0 Å². The minimum Gasteiger partial charge on any atom is -0.370 e. The molecule has 18 heavy (non-hydrogen) atoms. The summed E-state index contributed by atoms with van der Waals surface area (Å²) < 4.78 is 11.0. The Kier molecular flexibility index (Phi) is 6.64. The summed E-state index contributed by atoms with van der Waals surface area (Å²) in [5, 5.41) is 6.38. The molecule has 102 valence electrons. The summed E-state index contributed by atoms with van der Waals surface area (Å²) in [4.78, 5) is 8.87. The van der Waals surface area contributed by atoms with E-state index in [0.717, 1.165) is 36.8 Å². The van der Waals surface area contributed by atoms with Crippen LogP contribution in [-0.2, 0) is 17.2 Å². The van der Waals surface area contributed by atoms with Gasteiger partial charge in [0.05, 0.1) is 0 Å². The fraction of sp³-hybridized carbons (Fsp3) is 0.667. The summed E-state index contributed by atoms with van der Waals surface area (Å²) in [6.07, 6.45) is 3.59. The predicted molar refractivity (Wildman–Crippen MR) is 77.6 cm³/mol. The van der Waals surface area contributed by atoms with E-state index in [9.17, 15) is 4.21 Å². The maximum absolute atomic E-state index is 11.0. The van der Waals surface area contributed by atoms with Gasteiger partial charge in [-0.15, -0.1) is 0 Å². The van der Waals surface area contributed by atoms with Crippen molar-refractivity contribution in [3.8, 4) is 0 Å². The molecule has 0 spiro atoms. The van der Waals surface area contributed by atoms with Crippen LogP contribution >= 0.6 is 0 Å². The normalized spacial score (nSPS) is 12.2. The first-order valence-electron chi connectivity index (χ1n) is 6.31. The van der Waals surface area contributed by atoms with Crippen LogP contribution in [0.3, 0.4) is 0 Å². The molecular weight excluding hydrogens is 248 g/mol. The van der Waals surface area contributed by atoms with E-state index in [1.54, 1.807) is 6.26 Å². The number of anilines is 2. The van der Waals surface area contributed by atoms with Crippen molar-refractivity contribution < 1.29 is 4.21 Å². The van der Waals surface area contributed by atoms with Crippen LogP contribution in [0.2, 0.25) is 0 Å².